The number of hydrogen-bond acceptors (Lipinski definition) is 5. The lowest BCUT2D eigenvalue weighted by atomic mass is 10.0. The Bertz CT molecular complexity index is 1180. The smallest absolute Gasteiger partial charge is 0.262 e. The summed E-state index contributed by atoms with van der Waals surface area (Å²) in [5.41, 5.74) is 1.59. The highest BCUT2D eigenvalue weighted by molar-refractivity contribution is 7.12. The molecule has 34 heavy (non-hydrogen) atoms. The number of carbonyl (C=O) groups excluding carboxylic acids is 2. The Hall–Kier alpha value is -3.07. The van der Waals surface area contributed by atoms with Gasteiger partial charge in [-0.1, -0.05) is 41.9 Å². The Labute approximate surface area is 206 Å². The van der Waals surface area contributed by atoms with E-state index in [1.807, 2.05) is 29.6 Å². The van der Waals surface area contributed by atoms with E-state index in [-0.39, 0.29) is 37.2 Å². The van der Waals surface area contributed by atoms with Gasteiger partial charge in [0.1, 0.15) is 12.4 Å². The first-order valence-corrected chi connectivity index (χ1v) is 12.0. The Morgan fingerprint density at radius 2 is 1.94 bits per heavy atom. The van der Waals surface area contributed by atoms with Crippen molar-refractivity contribution in [3.05, 3.63) is 92.9 Å². The molecule has 0 N–H and O–H groups in total. The number of benzene rings is 2. The van der Waals surface area contributed by atoms with Crippen LogP contribution in [0.25, 0.3) is 0 Å². The number of rotatable bonds is 8. The van der Waals surface area contributed by atoms with Crippen LogP contribution in [0.15, 0.2) is 71.1 Å². The number of hydrogen-bond donors (Lipinski definition) is 0. The average molecular weight is 500 g/mol. The highest BCUT2D eigenvalue weighted by Gasteiger charge is 2.35. The maximum atomic E-state index is 14.3. The lowest BCUT2D eigenvalue weighted by Crippen LogP contribution is -2.43. The van der Waals surface area contributed by atoms with Gasteiger partial charge in [0.15, 0.2) is 0 Å². The molecule has 9 heteroatoms. The fraction of sp³-hybridized carbons (Fsp3) is 0.240. The third kappa shape index (κ3) is 5.35. The van der Waals surface area contributed by atoms with Crippen molar-refractivity contribution in [2.75, 3.05) is 26.8 Å². The molecule has 2 amide bonds. The van der Waals surface area contributed by atoms with Gasteiger partial charge in [-0.2, -0.15) is 5.10 Å². The molecule has 0 saturated carbocycles. The van der Waals surface area contributed by atoms with Gasteiger partial charge in [0.2, 0.25) is 0 Å². The number of nitrogens with zero attached hydrogens (tertiary/aromatic N) is 3. The predicted octanol–water partition coefficient (Wildman–Crippen LogP) is 5.01. The number of amides is 2. The van der Waals surface area contributed by atoms with E-state index in [9.17, 15) is 14.0 Å². The summed E-state index contributed by atoms with van der Waals surface area (Å²) in [6, 6.07) is 16.6. The van der Waals surface area contributed by atoms with Gasteiger partial charge in [0.25, 0.3) is 11.8 Å². The van der Waals surface area contributed by atoms with Crippen molar-refractivity contribution in [1.82, 2.24) is 9.91 Å². The van der Waals surface area contributed by atoms with Crippen molar-refractivity contribution in [2.24, 2.45) is 5.10 Å². The lowest BCUT2D eigenvalue weighted by Gasteiger charge is -2.27. The molecule has 0 unspecified atom stereocenters. The summed E-state index contributed by atoms with van der Waals surface area (Å²) in [6.45, 7) is 0.0794. The van der Waals surface area contributed by atoms with Gasteiger partial charge < -0.3 is 9.64 Å². The number of carbonyl (C=O) groups is 2. The molecule has 0 bridgehead atoms. The van der Waals surface area contributed by atoms with Crippen molar-refractivity contribution in [3.8, 4) is 0 Å². The van der Waals surface area contributed by atoms with E-state index in [4.69, 9.17) is 16.3 Å². The Kier molecular flexibility index (Phi) is 7.72. The fourth-order valence-corrected chi connectivity index (χ4v) is 4.62. The Morgan fingerprint density at radius 1 is 1.18 bits per heavy atom. The van der Waals surface area contributed by atoms with Gasteiger partial charge >= 0.3 is 0 Å². The second kappa shape index (κ2) is 10.9. The largest absolute Gasteiger partial charge is 0.383 e. The van der Waals surface area contributed by atoms with Gasteiger partial charge in [0, 0.05) is 25.1 Å². The van der Waals surface area contributed by atoms with Gasteiger partial charge in [-0.3, -0.25) is 9.59 Å². The summed E-state index contributed by atoms with van der Waals surface area (Å²) in [7, 11) is 1.50. The number of methoxy groups -OCH3 is 1. The molecule has 1 aliphatic rings. The number of hydrazone groups is 1. The summed E-state index contributed by atoms with van der Waals surface area (Å²) in [6.07, 6.45) is 0.535. The highest BCUT2D eigenvalue weighted by atomic mass is 35.5. The van der Waals surface area contributed by atoms with Crippen LogP contribution in [0.1, 0.15) is 33.3 Å². The van der Waals surface area contributed by atoms with Crippen LogP contribution in [0, 0.1) is 5.82 Å². The predicted molar refractivity (Wildman–Crippen MR) is 131 cm³/mol. The first-order valence-electron chi connectivity index (χ1n) is 10.7. The summed E-state index contributed by atoms with van der Waals surface area (Å²) < 4.78 is 19.4. The van der Waals surface area contributed by atoms with Crippen LogP contribution < -0.4 is 0 Å². The zero-order valence-electron chi connectivity index (χ0n) is 18.5. The zero-order chi connectivity index (χ0) is 24.1. The van der Waals surface area contributed by atoms with E-state index in [0.717, 1.165) is 16.2 Å². The van der Waals surface area contributed by atoms with Crippen LogP contribution >= 0.6 is 22.9 Å². The molecule has 1 aromatic heterocycles. The minimum atomic E-state index is -0.638. The molecule has 0 aliphatic carbocycles. The molecule has 0 fully saturated rings. The SMILES string of the molecule is COCCN(CC(=O)N1N=C(c2cccs2)C[C@@H]1c1ccc(Cl)cc1)C(=O)c1ccccc1F. The van der Waals surface area contributed by atoms with Gasteiger partial charge in [-0.05, 0) is 41.3 Å². The van der Waals surface area contributed by atoms with E-state index < -0.39 is 11.7 Å². The van der Waals surface area contributed by atoms with E-state index in [0.29, 0.717) is 11.4 Å². The van der Waals surface area contributed by atoms with E-state index >= 15 is 0 Å². The van der Waals surface area contributed by atoms with Gasteiger partial charge in [-0.15, -0.1) is 11.3 Å². The second-order valence-electron chi connectivity index (χ2n) is 7.73. The topological polar surface area (TPSA) is 62.2 Å². The summed E-state index contributed by atoms with van der Waals surface area (Å²) in [4.78, 5) is 28.8. The molecule has 6 nitrogen and oxygen atoms in total. The molecule has 0 radical (unpaired) electrons. The van der Waals surface area contributed by atoms with E-state index in [1.165, 1.54) is 35.2 Å². The minimum absolute atomic E-state index is 0.0927. The maximum Gasteiger partial charge on any atom is 0.262 e. The lowest BCUT2D eigenvalue weighted by molar-refractivity contribution is -0.133. The Morgan fingerprint density at radius 3 is 2.62 bits per heavy atom. The standard InChI is InChI=1S/C25H23ClFN3O3S/c1-33-13-12-29(25(32)19-5-2-3-6-20(19)27)16-24(31)30-22(17-8-10-18(26)11-9-17)15-21(28-30)23-7-4-14-34-23/h2-11,14,22H,12-13,15-16H2,1H3/t22-/m1/s1. The van der Waals surface area contributed by atoms with Crippen LogP contribution in [0.4, 0.5) is 4.39 Å². The van der Waals surface area contributed by atoms with Gasteiger partial charge in [0.05, 0.1) is 28.8 Å². The molecule has 4 rings (SSSR count). The molecule has 0 spiro atoms. The first kappa shape index (κ1) is 24.1. The fourth-order valence-electron chi connectivity index (χ4n) is 3.77. The summed E-state index contributed by atoms with van der Waals surface area (Å²) >= 11 is 7.61. The number of thiophene rings is 1. The number of halogens is 2. The molecule has 1 aliphatic heterocycles. The van der Waals surface area contributed by atoms with Gasteiger partial charge in [-0.25, -0.2) is 9.40 Å². The molecule has 176 valence electrons. The van der Waals surface area contributed by atoms with Crippen molar-refractivity contribution in [3.63, 3.8) is 0 Å². The Balaban J connectivity index is 1.61. The molecule has 1 atom stereocenters. The van der Waals surface area contributed by atoms with Crippen molar-refractivity contribution in [2.45, 2.75) is 12.5 Å². The van der Waals surface area contributed by atoms with Crippen LogP contribution in [0.2, 0.25) is 5.02 Å². The number of ether oxygens (including phenoxy) is 1. The molecule has 0 saturated heterocycles. The highest BCUT2D eigenvalue weighted by Crippen LogP contribution is 2.34. The molecular weight excluding hydrogens is 477 g/mol. The average Bonchev–Trinajstić information content (AvgIpc) is 3.52. The quantitative estimate of drug-likeness (QED) is 0.438. The second-order valence-corrected chi connectivity index (χ2v) is 9.12. The minimum Gasteiger partial charge on any atom is -0.383 e. The maximum absolute atomic E-state index is 14.3. The van der Waals surface area contributed by atoms with Crippen LogP contribution in [0.3, 0.4) is 0 Å². The van der Waals surface area contributed by atoms with E-state index in [1.54, 1.807) is 29.5 Å². The van der Waals surface area contributed by atoms with Crippen LogP contribution in [0.5, 0.6) is 0 Å². The van der Waals surface area contributed by atoms with Crippen molar-refractivity contribution >= 4 is 40.5 Å². The first-order chi connectivity index (χ1) is 16.5. The van der Waals surface area contributed by atoms with Crippen LogP contribution in [-0.4, -0.2) is 54.2 Å². The summed E-state index contributed by atoms with van der Waals surface area (Å²) in [5, 5.41) is 8.61. The zero-order valence-corrected chi connectivity index (χ0v) is 20.1. The monoisotopic (exact) mass is 499 g/mol. The molecular formula is C25H23ClFN3O3S. The van der Waals surface area contributed by atoms with E-state index in [2.05, 4.69) is 5.10 Å². The third-order valence-corrected chi connectivity index (χ3v) is 6.68. The molecule has 3 aromatic rings. The van der Waals surface area contributed by atoms with Crippen LogP contribution in [-0.2, 0) is 9.53 Å². The summed E-state index contributed by atoms with van der Waals surface area (Å²) in [5.74, 6) is -1.58. The molecule has 2 heterocycles. The molecule has 2 aromatic carbocycles. The van der Waals surface area contributed by atoms with Crippen molar-refractivity contribution < 1.29 is 18.7 Å². The normalized spacial score (nSPS) is 15.3. The van der Waals surface area contributed by atoms with Crippen molar-refractivity contribution in [1.29, 1.82) is 0 Å². The third-order valence-electron chi connectivity index (χ3n) is 5.51.